The number of hydrogen-bond donors (Lipinski definition) is 1. The number of ether oxygens (including phenoxy) is 1. The molecule has 1 aromatic carbocycles. The van der Waals surface area contributed by atoms with Crippen LogP contribution in [0, 0.1) is 6.92 Å². The Labute approximate surface area is 176 Å². The number of carbonyl (C=O) groups is 2. The number of sulfonamides is 1. The molecule has 0 unspecified atom stereocenters. The first-order valence-corrected chi connectivity index (χ1v) is 11.4. The van der Waals surface area contributed by atoms with Crippen LogP contribution in [-0.2, 0) is 21.8 Å². The molecule has 3 rings (SSSR count). The fourth-order valence-electron chi connectivity index (χ4n) is 3.49. The summed E-state index contributed by atoms with van der Waals surface area (Å²) < 4.78 is 34.1. The second-order valence-electron chi connectivity index (χ2n) is 7.25. The highest BCUT2D eigenvalue weighted by atomic mass is 32.2. The smallest absolute Gasteiger partial charge is 0.338 e. The summed E-state index contributed by atoms with van der Waals surface area (Å²) in [4.78, 5) is 24.7. The van der Waals surface area contributed by atoms with Crippen molar-refractivity contribution in [1.82, 2.24) is 8.87 Å². The van der Waals surface area contributed by atoms with Gasteiger partial charge in [0.05, 0.1) is 12.2 Å². The van der Waals surface area contributed by atoms with Gasteiger partial charge in [0.15, 0.2) is 0 Å². The Kier molecular flexibility index (Phi) is 6.62. The van der Waals surface area contributed by atoms with Gasteiger partial charge in [-0.15, -0.1) is 0 Å². The molecule has 2 heterocycles. The van der Waals surface area contributed by atoms with E-state index in [-0.39, 0.29) is 17.2 Å². The molecular weight excluding hydrogens is 406 g/mol. The van der Waals surface area contributed by atoms with Gasteiger partial charge in [-0.2, -0.15) is 4.31 Å². The summed E-state index contributed by atoms with van der Waals surface area (Å²) in [5.41, 5.74) is 1.65. The lowest BCUT2D eigenvalue weighted by molar-refractivity contribution is 0.0526. The van der Waals surface area contributed by atoms with Gasteiger partial charge in [0.2, 0.25) is 10.0 Å². The van der Waals surface area contributed by atoms with Gasteiger partial charge >= 0.3 is 5.97 Å². The number of amides is 1. The SMILES string of the molecule is CCOC(=O)c1ccc(NC(=O)c2cc(S(=O)(=O)N3CCCCC3)c(C)n2C)cc1. The maximum Gasteiger partial charge on any atom is 0.338 e. The monoisotopic (exact) mass is 433 g/mol. The number of esters is 1. The number of aromatic nitrogens is 1. The molecule has 1 aromatic heterocycles. The van der Waals surface area contributed by atoms with Gasteiger partial charge in [-0.05, 0) is 57.0 Å². The molecule has 9 heteroatoms. The van der Waals surface area contributed by atoms with E-state index in [1.807, 2.05) is 0 Å². The molecule has 0 atom stereocenters. The minimum absolute atomic E-state index is 0.162. The van der Waals surface area contributed by atoms with Crippen molar-refractivity contribution in [2.75, 3.05) is 25.0 Å². The van der Waals surface area contributed by atoms with E-state index in [0.29, 0.717) is 30.0 Å². The Morgan fingerprint density at radius 2 is 1.73 bits per heavy atom. The molecule has 162 valence electrons. The molecule has 1 aliphatic heterocycles. The lowest BCUT2D eigenvalue weighted by Gasteiger charge is -2.25. The van der Waals surface area contributed by atoms with Crippen LogP contribution in [-0.4, -0.2) is 48.9 Å². The average molecular weight is 434 g/mol. The van der Waals surface area contributed by atoms with E-state index in [9.17, 15) is 18.0 Å². The maximum absolute atomic E-state index is 13.0. The fourth-order valence-corrected chi connectivity index (χ4v) is 5.28. The molecule has 1 N–H and O–H groups in total. The largest absolute Gasteiger partial charge is 0.462 e. The van der Waals surface area contributed by atoms with Crippen molar-refractivity contribution in [3.63, 3.8) is 0 Å². The topological polar surface area (TPSA) is 97.7 Å². The normalized spacial score (nSPS) is 15.0. The van der Waals surface area contributed by atoms with Crippen molar-refractivity contribution in [3.05, 3.63) is 47.3 Å². The zero-order chi connectivity index (χ0) is 21.9. The van der Waals surface area contributed by atoms with Crippen LogP contribution in [0.15, 0.2) is 35.2 Å². The Bertz CT molecular complexity index is 1040. The molecule has 0 saturated carbocycles. The maximum atomic E-state index is 13.0. The Balaban J connectivity index is 1.80. The lowest BCUT2D eigenvalue weighted by atomic mass is 10.2. The second-order valence-corrected chi connectivity index (χ2v) is 9.16. The van der Waals surface area contributed by atoms with Crippen LogP contribution >= 0.6 is 0 Å². The Morgan fingerprint density at radius 1 is 1.10 bits per heavy atom. The summed E-state index contributed by atoms with van der Waals surface area (Å²) in [6.45, 7) is 4.72. The molecule has 1 aliphatic rings. The first-order chi connectivity index (χ1) is 14.3. The van der Waals surface area contributed by atoms with Crippen LogP contribution in [0.5, 0.6) is 0 Å². The molecule has 0 radical (unpaired) electrons. The van der Waals surface area contributed by atoms with Crippen molar-refractivity contribution in [3.8, 4) is 0 Å². The molecule has 1 saturated heterocycles. The first-order valence-electron chi connectivity index (χ1n) is 10.0. The molecule has 0 spiro atoms. The number of benzene rings is 1. The van der Waals surface area contributed by atoms with Crippen molar-refractivity contribution in [2.45, 2.75) is 38.0 Å². The Morgan fingerprint density at radius 3 is 2.33 bits per heavy atom. The standard InChI is InChI=1S/C21H27N3O5S/c1-4-29-21(26)16-8-10-17(11-9-16)22-20(25)18-14-19(15(2)23(18)3)30(27,28)24-12-6-5-7-13-24/h8-11,14H,4-7,12-13H2,1-3H3,(H,22,25). The van der Waals surface area contributed by atoms with Crippen molar-refractivity contribution < 1.29 is 22.7 Å². The van der Waals surface area contributed by atoms with E-state index in [0.717, 1.165) is 19.3 Å². The number of nitrogens with one attached hydrogen (secondary N) is 1. The van der Waals surface area contributed by atoms with E-state index < -0.39 is 21.9 Å². The van der Waals surface area contributed by atoms with Crippen molar-refractivity contribution in [2.24, 2.45) is 7.05 Å². The second kappa shape index (κ2) is 9.01. The predicted molar refractivity (Wildman–Crippen MR) is 113 cm³/mol. The fraction of sp³-hybridized carbons (Fsp3) is 0.429. The number of hydrogen-bond acceptors (Lipinski definition) is 5. The summed E-state index contributed by atoms with van der Waals surface area (Å²) in [6.07, 6.45) is 2.73. The zero-order valence-corrected chi connectivity index (χ0v) is 18.3. The summed E-state index contributed by atoms with van der Waals surface area (Å²) in [6, 6.07) is 7.77. The van der Waals surface area contributed by atoms with Crippen LogP contribution in [0.2, 0.25) is 0 Å². The van der Waals surface area contributed by atoms with E-state index in [1.54, 1.807) is 49.7 Å². The van der Waals surface area contributed by atoms with Crippen LogP contribution in [0.1, 0.15) is 52.7 Å². The van der Waals surface area contributed by atoms with E-state index in [4.69, 9.17) is 4.74 Å². The minimum atomic E-state index is -3.64. The van der Waals surface area contributed by atoms with Crippen LogP contribution in [0.25, 0.3) is 0 Å². The van der Waals surface area contributed by atoms with Gasteiger partial charge in [0, 0.05) is 31.5 Å². The molecule has 1 amide bonds. The number of anilines is 1. The van der Waals surface area contributed by atoms with Gasteiger partial charge in [0.1, 0.15) is 10.6 Å². The van der Waals surface area contributed by atoms with Crippen LogP contribution in [0.4, 0.5) is 5.69 Å². The molecule has 0 aliphatic carbocycles. The quantitative estimate of drug-likeness (QED) is 0.707. The van der Waals surface area contributed by atoms with Crippen molar-refractivity contribution >= 4 is 27.6 Å². The van der Waals surface area contributed by atoms with Gasteiger partial charge in [-0.25, -0.2) is 13.2 Å². The molecule has 1 fully saturated rings. The zero-order valence-electron chi connectivity index (χ0n) is 17.5. The van der Waals surface area contributed by atoms with Crippen LogP contribution < -0.4 is 5.32 Å². The van der Waals surface area contributed by atoms with Crippen molar-refractivity contribution in [1.29, 1.82) is 0 Å². The summed E-state index contributed by atoms with van der Waals surface area (Å²) in [5.74, 6) is -0.856. The van der Waals surface area contributed by atoms with E-state index in [1.165, 1.54) is 10.4 Å². The van der Waals surface area contributed by atoms with E-state index in [2.05, 4.69) is 5.32 Å². The number of nitrogens with zero attached hydrogens (tertiary/aromatic N) is 2. The highest BCUT2D eigenvalue weighted by Gasteiger charge is 2.30. The third-order valence-corrected chi connectivity index (χ3v) is 7.32. The molecule has 8 nitrogen and oxygen atoms in total. The van der Waals surface area contributed by atoms with Gasteiger partial charge in [-0.3, -0.25) is 4.79 Å². The highest BCUT2D eigenvalue weighted by Crippen LogP contribution is 2.26. The van der Waals surface area contributed by atoms with Gasteiger partial charge in [0.25, 0.3) is 5.91 Å². The van der Waals surface area contributed by atoms with Crippen LogP contribution in [0.3, 0.4) is 0 Å². The summed E-state index contributed by atoms with van der Waals surface area (Å²) in [5, 5.41) is 2.75. The molecular formula is C21H27N3O5S. The summed E-state index contributed by atoms with van der Waals surface area (Å²) in [7, 11) is -1.97. The summed E-state index contributed by atoms with van der Waals surface area (Å²) >= 11 is 0. The number of carbonyl (C=O) groups excluding carboxylic acids is 2. The average Bonchev–Trinajstić information content (AvgIpc) is 3.05. The first kappa shape index (κ1) is 22.0. The highest BCUT2D eigenvalue weighted by molar-refractivity contribution is 7.89. The predicted octanol–water partition coefficient (Wildman–Crippen LogP) is 2.94. The van der Waals surface area contributed by atoms with Gasteiger partial charge in [-0.1, -0.05) is 6.42 Å². The number of rotatable bonds is 6. The third kappa shape index (κ3) is 4.41. The third-order valence-electron chi connectivity index (χ3n) is 5.31. The minimum Gasteiger partial charge on any atom is -0.462 e. The Hall–Kier alpha value is -2.65. The lowest BCUT2D eigenvalue weighted by Crippen LogP contribution is -2.35. The number of piperidine rings is 1. The molecule has 2 aromatic rings. The van der Waals surface area contributed by atoms with Gasteiger partial charge < -0.3 is 14.6 Å². The molecule has 30 heavy (non-hydrogen) atoms. The molecule has 0 bridgehead atoms. The van der Waals surface area contributed by atoms with E-state index >= 15 is 0 Å².